The molecule has 0 atom stereocenters. The molecule has 0 bridgehead atoms. The van der Waals surface area contributed by atoms with Gasteiger partial charge < -0.3 is 9.32 Å². The molecule has 0 fully saturated rings. The van der Waals surface area contributed by atoms with Gasteiger partial charge in [-0.1, -0.05) is 31.5 Å². The summed E-state index contributed by atoms with van der Waals surface area (Å²) in [5.41, 5.74) is 2.85. The third-order valence-corrected chi connectivity index (χ3v) is 3.82. The van der Waals surface area contributed by atoms with Gasteiger partial charge in [0.1, 0.15) is 5.76 Å². The summed E-state index contributed by atoms with van der Waals surface area (Å²) in [5.74, 6) is 1.44. The van der Waals surface area contributed by atoms with Crippen LogP contribution < -0.4 is 0 Å². The van der Waals surface area contributed by atoms with Gasteiger partial charge in [-0.2, -0.15) is 0 Å². The lowest BCUT2D eigenvalue weighted by atomic mass is 10.1. The number of nitrogens with zero attached hydrogens (tertiary/aromatic N) is 2. The number of aryl methyl sites for hydroxylation is 2. The van der Waals surface area contributed by atoms with E-state index in [2.05, 4.69) is 18.8 Å². The summed E-state index contributed by atoms with van der Waals surface area (Å²) in [6.07, 6.45) is 2.25. The van der Waals surface area contributed by atoms with Gasteiger partial charge in [0.15, 0.2) is 0 Å². The number of carbonyl (C=O) groups is 1. The van der Waals surface area contributed by atoms with E-state index >= 15 is 0 Å². The minimum atomic E-state index is 0.126. The first-order valence-corrected chi connectivity index (χ1v) is 8.36. The number of hydrogen-bond acceptors (Lipinski definition) is 3. The number of carbonyl (C=O) groups excluding carboxylic acids is 1. The summed E-state index contributed by atoms with van der Waals surface area (Å²) in [5, 5.41) is 0. The van der Waals surface area contributed by atoms with Crippen LogP contribution in [0.4, 0.5) is 0 Å². The van der Waals surface area contributed by atoms with Crippen molar-refractivity contribution in [2.75, 3.05) is 13.1 Å². The number of rotatable bonds is 7. The summed E-state index contributed by atoms with van der Waals surface area (Å²) in [6.45, 7) is 9.69. The van der Waals surface area contributed by atoms with Gasteiger partial charge in [0.2, 0.25) is 11.8 Å². The van der Waals surface area contributed by atoms with Crippen molar-refractivity contribution in [1.29, 1.82) is 0 Å². The lowest BCUT2D eigenvalue weighted by molar-refractivity contribution is -0.130. The van der Waals surface area contributed by atoms with Gasteiger partial charge in [0.25, 0.3) is 0 Å². The Morgan fingerprint density at radius 3 is 2.48 bits per heavy atom. The highest BCUT2D eigenvalue weighted by atomic mass is 16.4. The van der Waals surface area contributed by atoms with Gasteiger partial charge >= 0.3 is 0 Å². The molecule has 0 aliphatic carbocycles. The second-order valence-electron chi connectivity index (χ2n) is 5.95. The molecule has 2 rings (SSSR count). The maximum atomic E-state index is 12.5. The van der Waals surface area contributed by atoms with Crippen LogP contribution >= 0.6 is 0 Å². The highest BCUT2D eigenvalue weighted by Crippen LogP contribution is 2.23. The summed E-state index contributed by atoms with van der Waals surface area (Å²) in [6, 6.07) is 8.04. The highest BCUT2D eigenvalue weighted by Gasteiger charge is 2.18. The predicted octanol–water partition coefficient (Wildman–Crippen LogP) is 4.15. The fourth-order valence-corrected chi connectivity index (χ4v) is 2.65. The van der Waals surface area contributed by atoms with Gasteiger partial charge in [-0.15, -0.1) is 0 Å². The maximum absolute atomic E-state index is 12.5. The molecule has 0 aliphatic heterocycles. The van der Waals surface area contributed by atoms with Crippen molar-refractivity contribution in [3.05, 3.63) is 41.3 Å². The largest absolute Gasteiger partial charge is 0.441 e. The molecule has 4 heteroatoms. The highest BCUT2D eigenvalue weighted by molar-refractivity contribution is 5.78. The summed E-state index contributed by atoms with van der Waals surface area (Å²) in [7, 11) is 0. The first-order chi connectivity index (χ1) is 11.0. The molecule has 0 N–H and O–H groups in total. The van der Waals surface area contributed by atoms with E-state index in [1.807, 2.05) is 43.0 Å². The quantitative estimate of drug-likeness (QED) is 0.771. The molecule has 1 amide bonds. The minimum Gasteiger partial charge on any atom is -0.441 e. The van der Waals surface area contributed by atoms with Crippen LogP contribution in [0.25, 0.3) is 11.5 Å². The zero-order chi connectivity index (χ0) is 16.8. The molecule has 1 aromatic heterocycles. The van der Waals surface area contributed by atoms with E-state index < -0.39 is 0 Å². The molecule has 0 saturated carbocycles. The third-order valence-electron chi connectivity index (χ3n) is 3.82. The Bertz CT molecular complexity index is 655. The van der Waals surface area contributed by atoms with Crippen LogP contribution in [0.1, 0.15) is 43.7 Å². The molecule has 1 heterocycles. The Morgan fingerprint density at radius 2 is 1.87 bits per heavy atom. The van der Waals surface area contributed by atoms with E-state index in [4.69, 9.17) is 4.42 Å². The Morgan fingerprint density at radius 1 is 1.17 bits per heavy atom. The third kappa shape index (κ3) is 4.44. The molecular formula is C19H26N2O2. The van der Waals surface area contributed by atoms with Gasteiger partial charge in [0.05, 0.1) is 12.1 Å². The zero-order valence-corrected chi connectivity index (χ0v) is 14.6. The van der Waals surface area contributed by atoms with Crippen LogP contribution in [0.2, 0.25) is 0 Å². The van der Waals surface area contributed by atoms with E-state index in [0.717, 1.165) is 48.5 Å². The van der Waals surface area contributed by atoms with E-state index in [0.29, 0.717) is 12.3 Å². The Kier molecular flexibility index (Phi) is 5.97. The van der Waals surface area contributed by atoms with Gasteiger partial charge in [0, 0.05) is 18.7 Å². The Balaban J connectivity index is 2.16. The fraction of sp³-hybridized carbons (Fsp3) is 0.474. The second kappa shape index (κ2) is 7.95. The lowest BCUT2D eigenvalue weighted by Gasteiger charge is -2.20. The van der Waals surface area contributed by atoms with E-state index in [9.17, 15) is 4.79 Å². The first-order valence-electron chi connectivity index (χ1n) is 8.36. The van der Waals surface area contributed by atoms with Crippen LogP contribution in [0.5, 0.6) is 0 Å². The lowest BCUT2D eigenvalue weighted by Crippen LogP contribution is -2.33. The monoisotopic (exact) mass is 314 g/mol. The van der Waals surface area contributed by atoms with Gasteiger partial charge in [-0.25, -0.2) is 4.98 Å². The van der Waals surface area contributed by atoms with Crippen LogP contribution in [0.3, 0.4) is 0 Å². The van der Waals surface area contributed by atoms with Crippen molar-refractivity contribution < 1.29 is 9.21 Å². The number of hydrogen-bond donors (Lipinski definition) is 0. The zero-order valence-electron chi connectivity index (χ0n) is 14.6. The van der Waals surface area contributed by atoms with E-state index in [1.54, 1.807) is 0 Å². The molecule has 0 radical (unpaired) electrons. The predicted molar refractivity (Wildman–Crippen MR) is 92.3 cm³/mol. The van der Waals surface area contributed by atoms with Crippen molar-refractivity contribution in [1.82, 2.24) is 9.88 Å². The topological polar surface area (TPSA) is 46.3 Å². The average Bonchev–Trinajstić information content (AvgIpc) is 2.88. The van der Waals surface area contributed by atoms with E-state index in [-0.39, 0.29) is 5.91 Å². The van der Waals surface area contributed by atoms with Gasteiger partial charge in [-0.05, 0) is 38.8 Å². The molecule has 2 aromatic rings. The molecule has 0 unspecified atom stereocenters. The number of benzene rings is 1. The van der Waals surface area contributed by atoms with Crippen LogP contribution in [-0.2, 0) is 11.2 Å². The van der Waals surface area contributed by atoms with E-state index in [1.165, 1.54) is 0 Å². The first kappa shape index (κ1) is 17.3. The molecule has 0 aliphatic rings. The summed E-state index contributed by atoms with van der Waals surface area (Å²) in [4.78, 5) is 19.0. The molecule has 4 nitrogen and oxygen atoms in total. The Hall–Kier alpha value is -2.10. The molecule has 0 saturated heterocycles. The maximum Gasteiger partial charge on any atom is 0.228 e. The number of oxazole rings is 1. The molecule has 1 aromatic carbocycles. The smallest absolute Gasteiger partial charge is 0.228 e. The van der Waals surface area contributed by atoms with Crippen molar-refractivity contribution in [3.63, 3.8) is 0 Å². The van der Waals surface area contributed by atoms with Crippen LogP contribution in [0, 0.1) is 13.8 Å². The van der Waals surface area contributed by atoms with Crippen molar-refractivity contribution in [2.24, 2.45) is 0 Å². The number of aromatic nitrogens is 1. The second-order valence-corrected chi connectivity index (χ2v) is 5.95. The molecule has 124 valence electrons. The summed E-state index contributed by atoms with van der Waals surface area (Å²) >= 11 is 0. The van der Waals surface area contributed by atoms with Gasteiger partial charge in [-0.3, -0.25) is 4.79 Å². The van der Waals surface area contributed by atoms with Crippen LogP contribution in [0.15, 0.2) is 28.7 Å². The Labute approximate surface area is 138 Å². The molecule has 0 spiro atoms. The normalized spacial score (nSPS) is 10.8. The average molecular weight is 314 g/mol. The van der Waals surface area contributed by atoms with Crippen molar-refractivity contribution >= 4 is 5.91 Å². The van der Waals surface area contributed by atoms with Crippen molar-refractivity contribution in [2.45, 2.75) is 47.0 Å². The van der Waals surface area contributed by atoms with Crippen molar-refractivity contribution in [3.8, 4) is 11.5 Å². The summed E-state index contributed by atoms with van der Waals surface area (Å²) < 4.78 is 5.77. The molecular weight excluding hydrogens is 288 g/mol. The van der Waals surface area contributed by atoms with Crippen LogP contribution in [-0.4, -0.2) is 28.9 Å². The SMILES string of the molecule is CCCN(CCC)C(=O)Cc1nc(-c2cccc(C)c2)oc1C. The standard InChI is InChI=1S/C19H26N2O2/c1-5-10-21(11-6-2)18(22)13-17-15(4)23-19(20-17)16-9-7-8-14(3)12-16/h7-9,12H,5-6,10-11,13H2,1-4H3. The minimum absolute atomic E-state index is 0.126. The fourth-order valence-electron chi connectivity index (χ4n) is 2.65. The molecule has 23 heavy (non-hydrogen) atoms. The number of amides is 1.